The van der Waals surface area contributed by atoms with Gasteiger partial charge >= 0.3 is 0 Å². The molecular formula is C22H19ClN4O2. The van der Waals surface area contributed by atoms with Gasteiger partial charge in [-0.3, -0.25) is 9.59 Å². The van der Waals surface area contributed by atoms with E-state index in [-0.39, 0.29) is 23.3 Å². The molecule has 0 saturated carbocycles. The SMILES string of the molecule is O=C(c1cncnc1)N1C[C@@H]2C[C@H](C1)c1c(-c3ccc(Cl)cc3)ccc(=O)n1C2. The molecule has 146 valence electrons. The lowest BCUT2D eigenvalue weighted by molar-refractivity contribution is 0.0594. The highest BCUT2D eigenvalue weighted by Gasteiger charge is 2.38. The number of fused-ring (bicyclic) bond motifs is 4. The average molecular weight is 407 g/mol. The number of carbonyl (C=O) groups excluding carboxylic acids is 1. The summed E-state index contributed by atoms with van der Waals surface area (Å²) in [4.78, 5) is 35.4. The minimum Gasteiger partial charge on any atom is -0.338 e. The zero-order valence-corrected chi connectivity index (χ0v) is 16.4. The van der Waals surface area contributed by atoms with E-state index in [1.807, 2.05) is 39.8 Å². The normalized spacial score (nSPS) is 20.2. The van der Waals surface area contributed by atoms with Crippen LogP contribution in [-0.2, 0) is 6.54 Å². The summed E-state index contributed by atoms with van der Waals surface area (Å²) in [6, 6.07) is 11.2. The number of hydrogen-bond acceptors (Lipinski definition) is 4. The molecule has 1 amide bonds. The van der Waals surface area contributed by atoms with Gasteiger partial charge in [0.05, 0.1) is 5.56 Å². The second kappa shape index (κ2) is 7.12. The molecule has 0 unspecified atom stereocenters. The molecule has 2 atom stereocenters. The summed E-state index contributed by atoms with van der Waals surface area (Å²) in [5.74, 6) is 0.309. The quantitative estimate of drug-likeness (QED) is 0.655. The van der Waals surface area contributed by atoms with Crippen LogP contribution in [0.3, 0.4) is 0 Å². The van der Waals surface area contributed by atoms with Crippen LogP contribution in [0.2, 0.25) is 5.02 Å². The summed E-state index contributed by atoms with van der Waals surface area (Å²) >= 11 is 6.05. The number of piperidine rings is 1. The van der Waals surface area contributed by atoms with E-state index in [1.165, 1.54) is 6.33 Å². The third kappa shape index (κ3) is 3.23. The number of pyridine rings is 1. The molecule has 0 N–H and O–H groups in total. The first kappa shape index (κ1) is 18.1. The van der Waals surface area contributed by atoms with Crippen molar-refractivity contribution in [3.8, 4) is 11.1 Å². The maximum Gasteiger partial charge on any atom is 0.257 e. The Kier molecular flexibility index (Phi) is 4.43. The molecular weight excluding hydrogens is 388 g/mol. The van der Waals surface area contributed by atoms with E-state index in [1.54, 1.807) is 18.5 Å². The van der Waals surface area contributed by atoms with Crippen LogP contribution in [0, 0.1) is 5.92 Å². The molecule has 2 aromatic heterocycles. The molecule has 0 radical (unpaired) electrons. The fraction of sp³-hybridized carbons (Fsp3) is 0.273. The molecule has 2 aliphatic rings. The zero-order valence-electron chi connectivity index (χ0n) is 15.7. The number of carbonyl (C=O) groups is 1. The van der Waals surface area contributed by atoms with E-state index in [2.05, 4.69) is 9.97 Å². The smallest absolute Gasteiger partial charge is 0.257 e. The van der Waals surface area contributed by atoms with Crippen molar-refractivity contribution in [2.24, 2.45) is 5.92 Å². The Bertz CT molecular complexity index is 1130. The molecule has 0 spiro atoms. The summed E-state index contributed by atoms with van der Waals surface area (Å²) in [5.41, 5.74) is 3.58. The van der Waals surface area contributed by atoms with Crippen molar-refractivity contribution in [3.05, 3.63) is 81.8 Å². The highest BCUT2D eigenvalue weighted by atomic mass is 35.5. The number of amides is 1. The zero-order chi connectivity index (χ0) is 20.0. The van der Waals surface area contributed by atoms with Crippen molar-refractivity contribution in [1.82, 2.24) is 19.4 Å². The molecule has 1 fully saturated rings. The number of hydrogen-bond donors (Lipinski definition) is 0. The lowest BCUT2D eigenvalue weighted by Gasteiger charge is -2.43. The van der Waals surface area contributed by atoms with Crippen LogP contribution >= 0.6 is 11.6 Å². The Hall–Kier alpha value is -2.99. The Morgan fingerprint density at radius 1 is 1.00 bits per heavy atom. The Labute approximate surface area is 172 Å². The summed E-state index contributed by atoms with van der Waals surface area (Å²) in [6.07, 6.45) is 5.50. The number of likely N-dealkylation sites (tertiary alicyclic amines) is 1. The first-order chi connectivity index (χ1) is 14.1. The molecule has 29 heavy (non-hydrogen) atoms. The van der Waals surface area contributed by atoms with Gasteiger partial charge in [-0.2, -0.15) is 0 Å². The lowest BCUT2D eigenvalue weighted by atomic mass is 9.80. The molecule has 2 aliphatic heterocycles. The van der Waals surface area contributed by atoms with Crippen LogP contribution in [0.1, 0.15) is 28.4 Å². The minimum absolute atomic E-state index is 0.0173. The topological polar surface area (TPSA) is 68.1 Å². The van der Waals surface area contributed by atoms with Gasteiger partial charge in [0.1, 0.15) is 6.33 Å². The lowest BCUT2D eigenvalue weighted by Crippen LogP contribution is -2.49. The van der Waals surface area contributed by atoms with Crippen molar-refractivity contribution in [2.75, 3.05) is 13.1 Å². The predicted molar refractivity (Wildman–Crippen MR) is 110 cm³/mol. The maximum atomic E-state index is 13.0. The molecule has 3 aromatic rings. The van der Waals surface area contributed by atoms with E-state index < -0.39 is 0 Å². The van der Waals surface area contributed by atoms with Crippen LogP contribution in [-0.4, -0.2) is 38.4 Å². The standard InChI is InChI=1S/C22H19ClN4O2/c23-18-3-1-15(2-4-18)19-5-6-20(28)27-11-14-7-16(21(19)27)12-26(10-14)22(29)17-8-24-13-25-9-17/h1-6,8-9,13-14,16H,7,10-12H2/t14-,16+/m0/s1. The first-order valence-corrected chi connectivity index (χ1v) is 10.0. The summed E-state index contributed by atoms with van der Waals surface area (Å²) in [7, 11) is 0. The van der Waals surface area contributed by atoms with Crippen molar-refractivity contribution in [2.45, 2.75) is 18.9 Å². The maximum absolute atomic E-state index is 13.0. The predicted octanol–water partition coefficient (Wildman–Crippen LogP) is 3.22. The Morgan fingerprint density at radius 2 is 1.76 bits per heavy atom. The van der Waals surface area contributed by atoms with Crippen LogP contribution in [0.25, 0.3) is 11.1 Å². The third-order valence-corrected chi connectivity index (χ3v) is 6.09. The molecule has 0 aliphatic carbocycles. The van der Waals surface area contributed by atoms with E-state index in [0.717, 1.165) is 23.2 Å². The van der Waals surface area contributed by atoms with Crippen molar-refractivity contribution < 1.29 is 4.79 Å². The Balaban J connectivity index is 1.55. The van der Waals surface area contributed by atoms with Gasteiger partial charge in [0.2, 0.25) is 0 Å². The first-order valence-electron chi connectivity index (χ1n) is 9.64. The number of nitrogens with zero attached hydrogens (tertiary/aromatic N) is 4. The van der Waals surface area contributed by atoms with Crippen LogP contribution < -0.4 is 5.56 Å². The molecule has 1 aromatic carbocycles. The third-order valence-electron chi connectivity index (χ3n) is 5.84. The monoisotopic (exact) mass is 406 g/mol. The van der Waals surface area contributed by atoms with E-state index in [9.17, 15) is 9.59 Å². The second-order valence-corrected chi connectivity index (χ2v) is 8.16. The van der Waals surface area contributed by atoms with Crippen LogP contribution in [0.5, 0.6) is 0 Å². The largest absolute Gasteiger partial charge is 0.338 e. The summed E-state index contributed by atoms with van der Waals surface area (Å²) in [5, 5.41) is 0.676. The van der Waals surface area contributed by atoms with Gasteiger partial charge in [0, 0.05) is 60.3 Å². The van der Waals surface area contributed by atoms with Crippen molar-refractivity contribution in [3.63, 3.8) is 0 Å². The molecule has 1 saturated heterocycles. The van der Waals surface area contributed by atoms with Gasteiger partial charge in [0.25, 0.3) is 11.5 Å². The number of halogens is 1. The van der Waals surface area contributed by atoms with E-state index >= 15 is 0 Å². The highest BCUT2D eigenvalue weighted by molar-refractivity contribution is 6.30. The van der Waals surface area contributed by atoms with Crippen molar-refractivity contribution >= 4 is 17.5 Å². The van der Waals surface area contributed by atoms with Gasteiger partial charge < -0.3 is 9.47 Å². The fourth-order valence-corrected chi connectivity index (χ4v) is 4.77. The Morgan fingerprint density at radius 3 is 2.52 bits per heavy atom. The van der Waals surface area contributed by atoms with Gasteiger partial charge in [-0.25, -0.2) is 9.97 Å². The van der Waals surface area contributed by atoms with Gasteiger partial charge in [0.15, 0.2) is 0 Å². The van der Waals surface area contributed by atoms with Gasteiger partial charge in [-0.15, -0.1) is 0 Å². The van der Waals surface area contributed by atoms with Crippen LogP contribution in [0.15, 0.2) is 59.9 Å². The summed E-state index contributed by atoms with van der Waals surface area (Å²) < 4.78 is 1.90. The molecule has 2 bridgehead atoms. The van der Waals surface area contributed by atoms with Crippen LogP contribution in [0.4, 0.5) is 0 Å². The molecule has 5 rings (SSSR count). The number of rotatable bonds is 2. The van der Waals surface area contributed by atoms with Gasteiger partial charge in [-0.05, 0) is 36.1 Å². The summed E-state index contributed by atoms with van der Waals surface area (Å²) in [6.45, 7) is 1.84. The molecule has 4 heterocycles. The average Bonchev–Trinajstić information content (AvgIpc) is 2.75. The minimum atomic E-state index is -0.0555. The van der Waals surface area contributed by atoms with Gasteiger partial charge in [-0.1, -0.05) is 23.7 Å². The molecule has 6 nitrogen and oxygen atoms in total. The molecule has 7 heteroatoms. The van der Waals surface area contributed by atoms with E-state index in [4.69, 9.17) is 11.6 Å². The highest BCUT2D eigenvalue weighted by Crippen LogP contribution is 2.40. The second-order valence-electron chi connectivity index (χ2n) is 7.72. The fourth-order valence-electron chi connectivity index (χ4n) is 4.65. The number of benzene rings is 1. The van der Waals surface area contributed by atoms with E-state index in [0.29, 0.717) is 30.2 Å². The van der Waals surface area contributed by atoms with Crippen molar-refractivity contribution in [1.29, 1.82) is 0 Å². The number of aromatic nitrogens is 3.